The summed E-state index contributed by atoms with van der Waals surface area (Å²) in [5, 5.41) is 16.4. The SMILES string of the molecule is O=C(C[N+]12CCC(CC1)C(OC(=O)[C@@](O)(c1cccs1)C1CCCC1)C2)Nc1cncnc1.[Br-]. The highest BCUT2D eigenvalue weighted by molar-refractivity contribution is 7.10. The first-order valence-electron chi connectivity index (χ1n) is 11.9. The summed E-state index contributed by atoms with van der Waals surface area (Å²) in [7, 11) is 0. The monoisotopic (exact) mass is 550 g/mol. The van der Waals surface area contributed by atoms with E-state index >= 15 is 0 Å². The van der Waals surface area contributed by atoms with Gasteiger partial charge in [0.1, 0.15) is 12.9 Å². The molecule has 4 aliphatic rings. The first kappa shape index (κ1) is 25.2. The second-order valence-electron chi connectivity index (χ2n) is 9.81. The third kappa shape index (κ3) is 4.91. The van der Waals surface area contributed by atoms with E-state index in [4.69, 9.17) is 4.74 Å². The van der Waals surface area contributed by atoms with E-state index in [0.717, 1.165) is 51.6 Å². The van der Waals surface area contributed by atoms with E-state index < -0.39 is 11.6 Å². The Morgan fingerprint density at radius 3 is 2.53 bits per heavy atom. The Hall–Kier alpha value is -1.88. The topological polar surface area (TPSA) is 101 Å². The number of carbonyl (C=O) groups excluding carboxylic acids is 2. The molecular formula is C24H31BrN4O4S. The van der Waals surface area contributed by atoms with Gasteiger partial charge in [-0.15, -0.1) is 11.3 Å². The molecular weight excluding hydrogens is 520 g/mol. The summed E-state index contributed by atoms with van der Waals surface area (Å²) in [5.74, 6) is -0.418. The molecule has 1 saturated carbocycles. The zero-order valence-corrected chi connectivity index (χ0v) is 21.5. The number of aliphatic hydroxyl groups is 1. The Morgan fingerprint density at radius 2 is 1.88 bits per heavy atom. The Labute approximate surface area is 214 Å². The van der Waals surface area contributed by atoms with Crippen LogP contribution < -0.4 is 22.3 Å². The van der Waals surface area contributed by atoms with Crippen molar-refractivity contribution in [3.63, 3.8) is 0 Å². The van der Waals surface area contributed by atoms with Crippen molar-refractivity contribution in [2.45, 2.75) is 50.2 Å². The molecule has 2 N–H and O–H groups in total. The number of hydrogen-bond donors (Lipinski definition) is 2. The summed E-state index contributed by atoms with van der Waals surface area (Å²) in [5.41, 5.74) is -1.00. The van der Waals surface area contributed by atoms with E-state index in [0.29, 0.717) is 28.1 Å². The van der Waals surface area contributed by atoms with Crippen molar-refractivity contribution in [2.24, 2.45) is 11.8 Å². The highest BCUT2D eigenvalue weighted by Crippen LogP contribution is 2.44. The van der Waals surface area contributed by atoms with Gasteiger partial charge in [0.15, 0.2) is 18.2 Å². The van der Waals surface area contributed by atoms with Gasteiger partial charge in [-0.1, -0.05) is 18.9 Å². The maximum atomic E-state index is 13.5. The molecule has 1 unspecified atom stereocenters. The summed E-state index contributed by atoms with van der Waals surface area (Å²) in [6.07, 6.45) is 9.86. The minimum atomic E-state index is -1.58. The number of nitrogens with zero attached hydrogens (tertiary/aromatic N) is 3. The van der Waals surface area contributed by atoms with Crippen molar-refractivity contribution >= 4 is 28.9 Å². The van der Waals surface area contributed by atoms with Gasteiger partial charge in [-0.05, 0) is 24.3 Å². The van der Waals surface area contributed by atoms with Gasteiger partial charge in [0.25, 0.3) is 5.91 Å². The van der Waals surface area contributed by atoms with E-state index in [2.05, 4.69) is 15.3 Å². The number of rotatable bonds is 7. The number of aromatic nitrogens is 2. The predicted molar refractivity (Wildman–Crippen MR) is 123 cm³/mol. The number of hydrogen-bond acceptors (Lipinski definition) is 7. The van der Waals surface area contributed by atoms with E-state index in [9.17, 15) is 14.7 Å². The number of carbonyl (C=O) groups is 2. The molecule has 34 heavy (non-hydrogen) atoms. The molecule has 10 heteroatoms. The molecule has 3 aliphatic heterocycles. The molecule has 5 heterocycles. The quantitative estimate of drug-likeness (QED) is 0.363. The van der Waals surface area contributed by atoms with Gasteiger partial charge in [0.2, 0.25) is 0 Å². The number of thiophene rings is 1. The Kier molecular flexibility index (Phi) is 7.71. The minimum absolute atomic E-state index is 0. The number of ether oxygens (including phenoxy) is 1. The molecule has 0 aromatic carbocycles. The summed E-state index contributed by atoms with van der Waals surface area (Å²) in [6, 6.07) is 3.71. The van der Waals surface area contributed by atoms with E-state index in [1.54, 1.807) is 12.4 Å². The van der Waals surface area contributed by atoms with Crippen LogP contribution in [0.5, 0.6) is 0 Å². The molecule has 6 rings (SSSR count). The highest BCUT2D eigenvalue weighted by atomic mass is 79.9. The van der Waals surface area contributed by atoms with Crippen molar-refractivity contribution < 1.29 is 40.9 Å². The van der Waals surface area contributed by atoms with Crippen LogP contribution in [0.15, 0.2) is 36.2 Å². The Balaban J connectivity index is 0.00000274. The van der Waals surface area contributed by atoms with Crippen molar-refractivity contribution in [2.75, 3.05) is 31.5 Å². The number of esters is 1. The molecule has 0 radical (unpaired) electrons. The first-order valence-corrected chi connectivity index (χ1v) is 12.7. The van der Waals surface area contributed by atoms with Gasteiger partial charge < -0.3 is 36.6 Å². The predicted octanol–water partition coefficient (Wildman–Crippen LogP) is -0.289. The fourth-order valence-corrected chi connectivity index (χ4v) is 6.87. The number of amides is 1. The van der Waals surface area contributed by atoms with Gasteiger partial charge in [0, 0.05) is 29.6 Å². The lowest BCUT2D eigenvalue weighted by molar-refractivity contribution is -0.939. The molecule has 1 amide bonds. The van der Waals surface area contributed by atoms with Gasteiger partial charge in [-0.25, -0.2) is 14.8 Å². The average molecular weight is 552 g/mol. The van der Waals surface area contributed by atoms with Crippen molar-refractivity contribution in [3.05, 3.63) is 41.1 Å². The molecule has 3 saturated heterocycles. The molecule has 8 nitrogen and oxygen atoms in total. The van der Waals surface area contributed by atoms with Crippen LogP contribution in [0, 0.1) is 11.8 Å². The zero-order chi connectivity index (χ0) is 22.9. The number of fused-ring (bicyclic) bond motifs is 3. The summed E-state index contributed by atoms with van der Waals surface area (Å²) in [6.45, 7) is 2.73. The van der Waals surface area contributed by atoms with Gasteiger partial charge in [0.05, 0.1) is 31.2 Å². The van der Waals surface area contributed by atoms with Crippen molar-refractivity contribution in [1.29, 1.82) is 0 Å². The molecule has 1 aliphatic carbocycles. The normalized spacial score (nSPS) is 28.0. The number of piperidine rings is 3. The van der Waals surface area contributed by atoms with E-state index in [1.807, 2.05) is 17.5 Å². The van der Waals surface area contributed by atoms with Crippen LogP contribution in [0.4, 0.5) is 5.69 Å². The standard InChI is InChI=1S/C24H30N4O4S.BrH/c29-22(27-19-12-25-16-26-13-19)15-28-9-7-17(8-10-28)20(14-28)32-23(30)24(31,18-4-1-2-5-18)21-6-3-11-33-21;/h3,6,11-13,16-18,20,31H,1-2,4-5,7-10,14-15H2;1H/t17?,20?,24-,28?;/m0./s1. The van der Waals surface area contributed by atoms with Crippen LogP contribution in [0.2, 0.25) is 0 Å². The number of anilines is 1. The lowest BCUT2D eigenvalue weighted by Crippen LogP contribution is -3.00. The largest absolute Gasteiger partial charge is 1.00 e. The van der Waals surface area contributed by atoms with Gasteiger partial charge >= 0.3 is 5.97 Å². The number of halogens is 1. The lowest BCUT2D eigenvalue weighted by atomic mass is 9.82. The maximum absolute atomic E-state index is 13.5. The second kappa shape index (κ2) is 10.4. The summed E-state index contributed by atoms with van der Waals surface area (Å²) < 4.78 is 6.71. The molecule has 0 spiro atoms. The molecule has 2 bridgehead atoms. The average Bonchev–Trinajstić information content (AvgIpc) is 3.54. The Morgan fingerprint density at radius 1 is 1.18 bits per heavy atom. The van der Waals surface area contributed by atoms with Crippen molar-refractivity contribution in [3.8, 4) is 0 Å². The highest BCUT2D eigenvalue weighted by Gasteiger charge is 2.53. The number of nitrogens with one attached hydrogen (secondary N) is 1. The maximum Gasteiger partial charge on any atom is 0.344 e. The van der Waals surface area contributed by atoms with Crippen LogP contribution in [0.1, 0.15) is 43.4 Å². The number of quaternary nitrogens is 1. The second-order valence-corrected chi connectivity index (χ2v) is 10.8. The van der Waals surface area contributed by atoms with Crippen LogP contribution in [0.3, 0.4) is 0 Å². The summed E-state index contributed by atoms with van der Waals surface area (Å²) >= 11 is 1.41. The van der Waals surface area contributed by atoms with Gasteiger partial charge in [-0.3, -0.25) is 4.79 Å². The van der Waals surface area contributed by atoms with E-state index in [-0.39, 0.29) is 40.8 Å². The zero-order valence-electron chi connectivity index (χ0n) is 19.1. The third-order valence-electron chi connectivity index (χ3n) is 7.78. The third-order valence-corrected chi connectivity index (χ3v) is 8.77. The van der Waals surface area contributed by atoms with Crippen LogP contribution in [0.25, 0.3) is 0 Å². The van der Waals surface area contributed by atoms with Gasteiger partial charge in [-0.2, -0.15) is 0 Å². The fraction of sp³-hybridized carbons (Fsp3) is 0.583. The minimum Gasteiger partial charge on any atom is -1.00 e. The van der Waals surface area contributed by atoms with E-state index in [1.165, 1.54) is 17.7 Å². The lowest BCUT2D eigenvalue weighted by Gasteiger charge is -2.51. The molecule has 4 fully saturated rings. The van der Waals surface area contributed by atoms with Crippen LogP contribution >= 0.6 is 11.3 Å². The molecule has 184 valence electrons. The molecule has 2 atom stereocenters. The molecule has 2 aromatic rings. The molecule has 2 aromatic heterocycles. The van der Waals surface area contributed by atoms with Crippen molar-refractivity contribution in [1.82, 2.24) is 9.97 Å². The van der Waals surface area contributed by atoms with Crippen LogP contribution in [-0.2, 0) is 19.9 Å². The van der Waals surface area contributed by atoms with Crippen LogP contribution in [-0.4, -0.2) is 63.7 Å². The smallest absolute Gasteiger partial charge is 0.344 e. The Bertz CT molecular complexity index is 978. The fourth-order valence-electron chi connectivity index (χ4n) is 5.98. The first-order chi connectivity index (χ1) is 16.0. The summed E-state index contributed by atoms with van der Waals surface area (Å²) in [4.78, 5) is 34.8.